The van der Waals surface area contributed by atoms with Gasteiger partial charge in [0, 0.05) is 11.2 Å². The van der Waals surface area contributed by atoms with Crippen molar-refractivity contribution in [3.8, 4) is 0 Å². The van der Waals surface area contributed by atoms with E-state index in [1.807, 2.05) is 12.1 Å². The molecule has 2 unspecified atom stereocenters. The molecule has 1 amide bonds. The molecule has 1 aliphatic heterocycles. The quantitative estimate of drug-likeness (QED) is 0.787. The van der Waals surface area contributed by atoms with Crippen LogP contribution in [0.25, 0.3) is 10.1 Å². The largest absolute Gasteiger partial charge is 0.465 e. The van der Waals surface area contributed by atoms with E-state index >= 15 is 0 Å². The molecule has 2 atom stereocenters. The third-order valence-electron chi connectivity index (χ3n) is 4.24. The van der Waals surface area contributed by atoms with Crippen LogP contribution in [0.3, 0.4) is 0 Å². The zero-order chi connectivity index (χ0) is 16.9. The Morgan fingerprint density at radius 2 is 2.29 bits per heavy atom. The number of hydrogen-bond acceptors (Lipinski definition) is 5. The molecule has 1 aromatic carbocycles. The number of benzene rings is 1. The van der Waals surface area contributed by atoms with Crippen LogP contribution in [0.4, 0.5) is 0 Å². The van der Waals surface area contributed by atoms with Crippen molar-refractivity contribution in [1.29, 1.82) is 0 Å². The fourth-order valence-electron chi connectivity index (χ4n) is 3.04. The average molecular weight is 346 g/mol. The van der Waals surface area contributed by atoms with Crippen molar-refractivity contribution in [1.82, 2.24) is 10.6 Å². The van der Waals surface area contributed by atoms with Gasteiger partial charge < -0.3 is 10.1 Å². The highest BCUT2D eigenvalue weighted by atomic mass is 32.1. The van der Waals surface area contributed by atoms with Crippen molar-refractivity contribution < 1.29 is 14.3 Å². The van der Waals surface area contributed by atoms with E-state index in [4.69, 9.17) is 4.74 Å². The van der Waals surface area contributed by atoms with E-state index in [2.05, 4.69) is 28.1 Å². The molecule has 1 saturated heterocycles. The van der Waals surface area contributed by atoms with Crippen molar-refractivity contribution >= 4 is 33.3 Å². The van der Waals surface area contributed by atoms with Crippen molar-refractivity contribution in [2.24, 2.45) is 0 Å². The van der Waals surface area contributed by atoms with Gasteiger partial charge in [-0.1, -0.05) is 18.2 Å². The molecule has 0 bridgehead atoms. The number of nitrogens with one attached hydrogen (secondary N) is 2. The molecule has 2 heterocycles. The number of thiophene rings is 1. The van der Waals surface area contributed by atoms with Crippen LogP contribution in [-0.4, -0.2) is 37.1 Å². The number of rotatable bonds is 6. The van der Waals surface area contributed by atoms with Gasteiger partial charge in [0.15, 0.2) is 0 Å². The number of fused-ring (bicyclic) bond motifs is 1. The SMILES string of the molecule is CCOC(=O)C(Cc1csc2ccccc12)NC1CCCNC1=O. The van der Waals surface area contributed by atoms with E-state index in [1.165, 1.54) is 4.70 Å². The van der Waals surface area contributed by atoms with Crippen LogP contribution in [0.2, 0.25) is 0 Å². The van der Waals surface area contributed by atoms with E-state index in [0.29, 0.717) is 19.6 Å². The van der Waals surface area contributed by atoms with Crippen molar-refractivity contribution in [3.63, 3.8) is 0 Å². The predicted octanol–water partition coefficient (Wildman–Crippen LogP) is 2.24. The van der Waals surface area contributed by atoms with Gasteiger partial charge in [-0.25, -0.2) is 0 Å². The molecule has 6 heteroatoms. The highest BCUT2D eigenvalue weighted by molar-refractivity contribution is 7.17. The molecule has 128 valence electrons. The molecule has 0 radical (unpaired) electrons. The summed E-state index contributed by atoms with van der Waals surface area (Å²) < 4.78 is 6.41. The maximum atomic E-state index is 12.4. The zero-order valence-electron chi connectivity index (χ0n) is 13.7. The van der Waals surface area contributed by atoms with Gasteiger partial charge >= 0.3 is 5.97 Å². The number of carbonyl (C=O) groups excluding carboxylic acids is 2. The van der Waals surface area contributed by atoms with Crippen molar-refractivity contribution in [3.05, 3.63) is 35.2 Å². The van der Waals surface area contributed by atoms with Gasteiger partial charge in [0.05, 0.1) is 12.6 Å². The van der Waals surface area contributed by atoms with Gasteiger partial charge in [0.25, 0.3) is 0 Å². The number of piperidine rings is 1. The highest BCUT2D eigenvalue weighted by Crippen LogP contribution is 2.27. The van der Waals surface area contributed by atoms with Crippen LogP contribution in [-0.2, 0) is 20.7 Å². The standard InChI is InChI=1S/C18H22N2O3S/c1-2-23-18(22)15(20-14-7-5-9-19-17(14)21)10-12-11-24-16-8-4-3-6-13(12)16/h3-4,6,8,11,14-15,20H,2,5,7,9-10H2,1H3,(H,19,21). The average Bonchev–Trinajstić information content (AvgIpc) is 2.99. The molecule has 3 rings (SSSR count). The van der Waals surface area contributed by atoms with Crippen LogP contribution < -0.4 is 10.6 Å². The van der Waals surface area contributed by atoms with Gasteiger partial charge in [-0.15, -0.1) is 11.3 Å². The number of ether oxygens (including phenoxy) is 1. The van der Waals surface area contributed by atoms with Gasteiger partial charge in [0.1, 0.15) is 6.04 Å². The van der Waals surface area contributed by atoms with Crippen LogP contribution in [0.15, 0.2) is 29.6 Å². The maximum absolute atomic E-state index is 12.4. The summed E-state index contributed by atoms with van der Waals surface area (Å²) in [7, 11) is 0. The fraction of sp³-hybridized carbons (Fsp3) is 0.444. The molecule has 1 aromatic heterocycles. The lowest BCUT2D eigenvalue weighted by Gasteiger charge is -2.27. The molecule has 1 aliphatic rings. The molecule has 0 saturated carbocycles. The fourth-order valence-corrected chi connectivity index (χ4v) is 4.01. The lowest BCUT2D eigenvalue weighted by Crippen LogP contribution is -2.54. The molecule has 0 aliphatic carbocycles. The minimum Gasteiger partial charge on any atom is -0.465 e. The molecule has 0 spiro atoms. The molecule has 2 N–H and O–H groups in total. The molecular formula is C18H22N2O3S. The van der Waals surface area contributed by atoms with E-state index in [9.17, 15) is 9.59 Å². The summed E-state index contributed by atoms with van der Waals surface area (Å²) in [6.07, 6.45) is 2.18. The summed E-state index contributed by atoms with van der Waals surface area (Å²) in [5.74, 6) is -0.336. The Labute approximate surface area is 145 Å². The summed E-state index contributed by atoms with van der Waals surface area (Å²) >= 11 is 1.67. The van der Waals surface area contributed by atoms with E-state index in [0.717, 1.165) is 23.8 Å². The Hall–Kier alpha value is -1.92. The minimum atomic E-state index is -0.517. The first-order valence-electron chi connectivity index (χ1n) is 8.34. The van der Waals surface area contributed by atoms with Crippen molar-refractivity contribution in [2.45, 2.75) is 38.3 Å². The number of hydrogen-bond donors (Lipinski definition) is 2. The third kappa shape index (κ3) is 3.76. The number of amides is 1. The highest BCUT2D eigenvalue weighted by Gasteiger charge is 2.29. The predicted molar refractivity (Wildman–Crippen MR) is 95.1 cm³/mol. The first kappa shape index (κ1) is 16.9. The minimum absolute atomic E-state index is 0.0364. The lowest BCUT2D eigenvalue weighted by atomic mass is 10.0. The summed E-state index contributed by atoms with van der Waals surface area (Å²) in [4.78, 5) is 24.4. The van der Waals surface area contributed by atoms with Gasteiger partial charge in [-0.05, 0) is 48.6 Å². The number of carbonyl (C=O) groups is 2. The maximum Gasteiger partial charge on any atom is 0.323 e. The van der Waals surface area contributed by atoms with E-state index < -0.39 is 6.04 Å². The second kappa shape index (κ2) is 7.77. The summed E-state index contributed by atoms with van der Waals surface area (Å²) in [6.45, 7) is 2.83. The van der Waals surface area contributed by atoms with E-state index in [-0.39, 0.29) is 17.9 Å². The van der Waals surface area contributed by atoms with Gasteiger partial charge in [-0.2, -0.15) is 0 Å². The molecule has 24 heavy (non-hydrogen) atoms. The van der Waals surface area contributed by atoms with Crippen LogP contribution in [0.5, 0.6) is 0 Å². The first-order chi connectivity index (χ1) is 11.7. The van der Waals surface area contributed by atoms with Crippen molar-refractivity contribution in [2.75, 3.05) is 13.2 Å². The lowest BCUT2D eigenvalue weighted by molar-refractivity contribution is -0.146. The molecule has 2 aromatic rings. The summed E-state index contributed by atoms with van der Waals surface area (Å²) in [5, 5.41) is 9.30. The van der Waals surface area contributed by atoms with Gasteiger partial charge in [0.2, 0.25) is 5.91 Å². The molecule has 1 fully saturated rings. The van der Waals surface area contributed by atoms with E-state index in [1.54, 1.807) is 18.3 Å². The molecular weight excluding hydrogens is 324 g/mol. The monoisotopic (exact) mass is 346 g/mol. The zero-order valence-corrected chi connectivity index (χ0v) is 14.5. The van der Waals surface area contributed by atoms with Gasteiger partial charge in [-0.3, -0.25) is 14.9 Å². The topological polar surface area (TPSA) is 67.4 Å². The van der Waals surface area contributed by atoms with Crippen LogP contribution >= 0.6 is 11.3 Å². The normalized spacial score (nSPS) is 19.0. The Balaban J connectivity index is 1.79. The third-order valence-corrected chi connectivity index (χ3v) is 5.26. The summed E-state index contributed by atoms with van der Waals surface area (Å²) in [5.41, 5.74) is 1.11. The second-order valence-electron chi connectivity index (χ2n) is 5.92. The smallest absolute Gasteiger partial charge is 0.323 e. The Kier molecular flexibility index (Phi) is 5.48. The summed E-state index contributed by atoms with van der Waals surface area (Å²) in [6, 6.07) is 7.30. The molecule has 5 nitrogen and oxygen atoms in total. The Morgan fingerprint density at radius 3 is 3.08 bits per heavy atom. The Bertz CT molecular complexity index is 728. The number of esters is 1. The van der Waals surface area contributed by atoms with Crippen LogP contribution in [0.1, 0.15) is 25.3 Å². The second-order valence-corrected chi connectivity index (χ2v) is 6.83. The Morgan fingerprint density at radius 1 is 1.46 bits per heavy atom. The first-order valence-corrected chi connectivity index (χ1v) is 9.22. The van der Waals surface area contributed by atoms with Crippen LogP contribution in [0, 0.1) is 0 Å².